The van der Waals surface area contributed by atoms with Crippen molar-refractivity contribution in [1.82, 2.24) is 19.6 Å². The molecule has 0 aliphatic carbocycles. The van der Waals surface area contributed by atoms with E-state index in [2.05, 4.69) is 47.5 Å². The number of fused-ring (bicyclic) bond motifs is 3. The van der Waals surface area contributed by atoms with E-state index in [1.807, 2.05) is 18.0 Å². The van der Waals surface area contributed by atoms with E-state index in [4.69, 9.17) is 0 Å². The van der Waals surface area contributed by atoms with E-state index in [1.165, 1.54) is 23.2 Å². The van der Waals surface area contributed by atoms with Crippen molar-refractivity contribution in [3.63, 3.8) is 0 Å². The van der Waals surface area contributed by atoms with Gasteiger partial charge in [-0.1, -0.05) is 18.2 Å². The number of benzene rings is 1. The number of rotatable bonds is 1. The van der Waals surface area contributed by atoms with Crippen LogP contribution >= 0.6 is 0 Å². The molecule has 2 aliphatic rings. The van der Waals surface area contributed by atoms with Crippen LogP contribution in [0.2, 0.25) is 0 Å². The van der Waals surface area contributed by atoms with Gasteiger partial charge in [0.25, 0.3) is 5.91 Å². The molecule has 0 saturated carbocycles. The molecule has 0 radical (unpaired) electrons. The van der Waals surface area contributed by atoms with Crippen LogP contribution in [0.3, 0.4) is 0 Å². The van der Waals surface area contributed by atoms with Gasteiger partial charge in [0, 0.05) is 50.6 Å². The number of nitrogens with one attached hydrogen (secondary N) is 1. The van der Waals surface area contributed by atoms with Crippen molar-refractivity contribution < 1.29 is 4.79 Å². The Morgan fingerprint density at radius 2 is 1.96 bits per heavy atom. The van der Waals surface area contributed by atoms with Crippen molar-refractivity contribution in [2.45, 2.75) is 44.8 Å². The molecule has 1 aromatic heterocycles. The number of hydrogen-bond acceptors (Lipinski definition) is 4. The molecule has 2 unspecified atom stereocenters. The normalized spacial score (nSPS) is 23.4. The smallest absolute Gasteiger partial charge is 0.272 e. The minimum Gasteiger partial charge on any atom is -0.384 e. The summed E-state index contributed by atoms with van der Waals surface area (Å²) >= 11 is 0. The molecular formula is C21H29N5O. The van der Waals surface area contributed by atoms with E-state index < -0.39 is 0 Å². The summed E-state index contributed by atoms with van der Waals surface area (Å²) in [6.07, 6.45) is 5.18. The molecule has 1 fully saturated rings. The van der Waals surface area contributed by atoms with Crippen LogP contribution in [0.1, 0.15) is 40.9 Å². The maximum Gasteiger partial charge on any atom is 0.272 e. The summed E-state index contributed by atoms with van der Waals surface area (Å²) in [6.45, 7) is 4.47. The van der Waals surface area contributed by atoms with Gasteiger partial charge >= 0.3 is 0 Å². The fraction of sp³-hybridized carbons (Fsp3) is 0.524. The van der Waals surface area contributed by atoms with Crippen molar-refractivity contribution >= 4 is 11.6 Å². The molecular weight excluding hydrogens is 338 g/mol. The zero-order valence-corrected chi connectivity index (χ0v) is 16.5. The summed E-state index contributed by atoms with van der Waals surface area (Å²) in [5, 5.41) is 7.85. The van der Waals surface area contributed by atoms with Crippen molar-refractivity contribution in [2.24, 2.45) is 7.05 Å². The Morgan fingerprint density at radius 1 is 1.15 bits per heavy atom. The zero-order valence-electron chi connectivity index (χ0n) is 16.5. The first-order valence-corrected chi connectivity index (χ1v) is 9.86. The minimum absolute atomic E-state index is 0.0542. The maximum atomic E-state index is 13.3. The van der Waals surface area contributed by atoms with E-state index in [0.29, 0.717) is 24.3 Å². The molecule has 6 nitrogen and oxygen atoms in total. The molecule has 1 aromatic carbocycles. The average molecular weight is 367 g/mol. The van der Waals surface area contributed by atoms with Crippen LogP contribution in [0.25, 0.3) is 0 Å². The van der Waals surface area contributed by atoms with Crippen molar-refractivity contribution in [3.05, 3.63) is 47.3 Å². The quantitative estimate of drug-likeness (QED) is 0.842. The lowest BCUT2D eigenvalue weighted by atomic mass is 10.1. The number of nitrogens with zero attached hydrogens (tertiary/aromatic N) is 4. The third kappa shape index (κ3) is 3.46. The molecule has 27 heavy (non-hydrogen) atoms. The Bertz CT molecular complexity index is 830. The molecule has 4 rings (SSSR count). The van der Waals surface area contributed by atoms with Crippen molar-refractivity contribution in [2.75, 3.05) is 25.5 Å². The molecule has 2 bridgehead atoms. The minimum atomic E-state index is 0.0542. The Balaban J connectivity index is 1.71. The van der Waals surface area contributed by atoms with Gasteiger partial charge in [-0.2, -0.15) is 5.10 Å². The Labute approximate surface area is 161 Å². The zero-order chi connectivity index (χ0) is 19.0. The highest BCUT2D eigenvalue weighted by molar-refractivity contribution is 5.92. The van der Waals surface area contributed by atoms with Gasteiger partial charge in [-0.25, -0.2) is 0 Å². The average Bonchev–Trinajstić information content (AvgIpc) is 3.21. The fourth-order valence-corrected chi connectivity index (χ4v) is 4.56. The van der Waals surface area contributed by atoms with Crippen LogP contribution < -0.4 is 5.32 Å². The van der Waals surface area contributed by atoms with Crippen LogP contribution in [-0.2, 0) is 13.6 Å². The number of aromatic nitrogens is 2. The number of amides is 1. The molecule has 6 heteroatoms. The van der Waals surface area contributed by atoms with E-state index in [1.54, 1.807) is 10.9 Å². The Kier molecular flexibility index (Phi) is 4.91. The van der Waals surface area contributed by atoms with Crippen LogP contribution in [-0.4, -0.2) is 57.7 Å². The molecule has 2 aromatic rings. The third-order valence-corrected chi connectivity index (χ3v) is 6.24. The molecule has 1 amide bonds. The second-order valence-electron chi connectivity index (χ2n) is 7.90. The van der Waals surface area contributed by atoms with Crippen molar-refractivity contribution in [1.29, 1.82) is 0 Å². The predicted molar refractivity (Wildman–Crippen MR) is 107 cm³/mol. The molecule has 0 spiro atoms. The molecule has 144 valence electrons. The van der Waals surface area contributed by atoms with Gasteiger partial charge in [0.1, 0.15) is 5.69 Å². The highest BCUT2D eigenvalue weighted by atomic mass is 16.2. The summed E-state index contributed by atoms with van der Waals surface area (Å²) in [5.41, 5.74) is 4.24. The number of para-hydroxylation sites is 1. The summed E-state index contributed by atoms with van der Waals surface area (Å²) in [7, 11) is 4.04. The van der Waals surface area contributed by atoms with E-state index >= 15 is 0 Å². The second kappa shape index (κ2) is 7.35. The molecule has 2 atom stereocenters. The predicted octanol–water partition coefficient (Wildman–Crippen LogP) is 2.65. The van der Waals surface area contributed by atoms with E-state index in [9.17, 15) is 4.79 Å². The topological polar surface area (TPSA) is 53.4 Å². The van der Waals surface area contributed by atoms with Crippen LogP contribution in [0.15, 0.2) is 30.5 Å². The third-order valence-electron chi connectivity index (χ3n) is 6.24. The molecule has 1 N–H and O–H groups in total. The van der Waals surface area contributed by atoms with Crippen LogP contribution in [0.4, 0.5) is 5.69 Å². The van der Waals surface area contributed by atoms with Gasteiger partial charge in [-0.05, 0) is 50.4 Å². The number of carbonyl (C=O) groups excluding carboxylic acids is 1. The van der Waals surface area contributed by atoms with Gasteiger partial charge in [0.2, 0.25) is 0 Å². The monoisotopic (exact) mass is 367 g/mol. The first-order chi connectivity index (χ1) is 13.0. The highest BCUT2D eigenvalue weighted by Crippen LogP contribution is 2.29. The van der Waals surface area contributed by atoms with Gasteiger partial charge in [-0.3, -0.25) is 14.4 Å². The lowest BCUT2D eigenvalue weighted by Gasteiger charge is -2.31. The van der Waals surface area contributed by atoms with Crippen molar-refractivity contribution in [3.8, 4) is 0 Å². The van der Waals surface area contributed by atoms with Gasteiger partial charge < -0.3 is 10.2 Å². The Hall–Kier alpha value is -2.34. The summed E-state index contributed by atoms with van der Waals surface area (Å²) in [6, 6.07) is 9.17. The van der Waals surface area contributed by atoms with E-state index in [-0.39, 0.29) is 5.91 Å². The number of likely N-dealkylation sites (N-methyl/N-ethyl adjacent to an activating group) is 1. The highest BCUT2D eigenvalue weighted by Gasteiger charge is 2.33. The number of anilines is 1. The summed E-state index contributed by atoms with van der Waals surface area (Å²) in [5.74, 6) is 0.0542. The SMILES string of the molecule is Cc1cccc2c1NCCC1CCC(CN(C(=O)c3ccnn3C)C2)N1C. The Morgan fingerprint density at radius 3 is 2.74 bits per heavy atom. The van der Waals surface area contributed by atoms with Crippen LogP contribution in [0.5, 0.6) is 0 Å². The number of aryl methyl sites for hydroxylation is 2. The van der Waals surface area contributed by atoms with Gasteiger partial charge in [-0.15, -0.1) is 0 Å². The lowest BCUT2D eigenvalue weighted by molar-refractivity contribution is 0.0678. The maximum absolute atomic E-state index is 13.3. The van der Waals surface area contributed by atoms with E-state index in [0.717, 1.165) is 25.9 Å². The van der Waals surface area contributed by atoms with Gasteiger partial charge in [0.05, 0.1) is 0 Å². The summed E-state index contributed by atoms with van der Waals surface area (Å²) < 4.78 is 1.67. The summed E-state index contributed by atoms with van der Waals surface area (Å²) in [4.78, 5) is 17.8. The fourth-order valence-electron chi connectivity index (χ4n) is 4.56. The largest absolute Gasteiger partial charge is 0.384 e. The molecule has 2 aliphatic heterocycles. The standard InChI is InChI=1S/C21H29N5O/c1-15-5-4-6-16-13-26(21(27)19-10-12-23-25(19)3)14-18-8-7-17(24(18)2)9-11-22-20(15)16/h4-6,10,12,17-18,22H,7-9,11,13-14H2,1-3H3. The molecule has 1 saturated heterocycles. The lowest BCUT2D eigenvalue weighted by Crippen LogP contribution is -2.43. The second-order valence-corrected chi connectivity index (χ2v) is 7.90. The number of hydrogen-bond donors (Lipinski definition) is 1. The first-order valence-electron chi connectivity index (χ1n) is 9.86. The van der Waals surface area contributed by atoms with Crippen LogP contribution in [0, 0.1) is 6.92 Å². The first kappa shape index (κ1) is 18.0. The van der Waals surface area contributed by atoms with Gasteiger partial charge in [0.15, 0.2) is 0 Å². The molecule has 3 heterocycles. The number of carbonyl (C=O) groups is 1.